The minimum atomic E-state index is -1.02. The van der Waals surface area contributed by atoms with Gasteiger partial charge in [-0.3, -0.25) is 9.89 Å². The topological polar surface area (TPSA) is 95.1 Å². The zero-order valence-electron chi connectivity index (χ0n) is 10.0. The maximum absolute atomic E-state index is 11.9. The van der Waals surface area contributed by atoms with Gasteiger partial charge in [0.25, 0.3) is 5.91 Å². The molecule has 0 saturated heterocycles. The Morgan fingerprint density at radius 3 is 2.95 bits per heavy atom. The third-order valence-electron chi connectivity index (χ3n) is 2.31. The van der Waals surface area contributed by atoms with Crippen molar-refractivity contribution in [3.8, 4) is 0 Å². The molecule has 0 aliphatic rings. The molecule has 0 fully saturated rings. The molecule has 0 saturated carbocycles. The van der Waals surface area contributed by atoms with Crippen molar-refractivity contribution in [2.24, 2.45) is 0 Å². The van der Waals surface area contributed by atoms with Crippen LogP contribution in [0.1, 0.15) is 20.1 Å². The summed E-state index contributed by atoms with van der Waals surface area (Å²) in [5, 5.41) is 17.6. The standard InChI is InChI=1S/C12H11N3O3S/c1-7-4-10(19-9(7)2-3-11(16)17)12(18)15-8-5-13-14-6-8/h2-6H,1H3,(H,13,14)(H,15,18)(H,16,17). The van der Waals surface area contributed by atoms with E-state index in [1.54, 1.807) is 12.3 Å². The minimum Gasteiger partial charge on any atom is -0.478 e. The number of carboxylic acid groups (broad SMARTS) is 1. The molecule has 0 aliphatic carbocycles. The van der Waals surface area contributed by atoms with E-state index >= 15 is 0 Å². The third-order valence-corrected chi connectivity index (χ3v) is 3.51. The predicted molar refractivity (Wildman–Crippen MR) is 72.3 cm³/mol. The number of hydrogen-bond donors (Lipinski definition) is 3. The van der Waals surface area contributed by atoms with Gasteiger partial charge in [-0.2, -0.15) is 5.10 Å². The number of thiophene rings is 1. The summed E-state index contributed by atoms with van der Waals surface area (Å²) in [7, 11) is 0. The van der Waals surface area contributed by atoms with Crippen LogP contribution in [-0.4, -0.2) is 27.2 Å². The first-order valence-electron chi connectivity index (χ1n) is 5.38. The number of aromatic nitrogens is 2. The normalized spacial score (nSPS) is 10.8. The number of aryl methyl sites for hydroxylation is 1. The Balaban J connectivity index is 2.15. The van der Waals surface area contributed by atoms with Crippen molar-refractivity contribution in [2.45, 2.75) is 6.92 Å². The van der Waals surface area contributed by atoms with Crippen molar-refractivity contribution in [3.63, 3.8) is 0 Å². The molecule has 19 heavy (non-hydrogen) atoms. The summed E-state index contributed by atoms with van der Waals surface area (Å²) in [5.74, 6) is -1.26. The van der Waals surface area contributed by atoms with Gasteiger partial charge in [0, 0.05) is 17.2 Å². The number of aromatic amines is 1. The summed E-state index contributed by atoms with van der Waals surface area (Å²) in [6.07, 6.45) is 5.61. The van der Waals surface area contributed by atoms with Gasteiger partial charge in [-0.15, -0.1) is 11.3 Å². The molecule has 2 rings (SSSR count). The average molecular weight is 277 g/mol. The van der Waals surface area contributed by atoms with Gasteiger partial charge in [0.15, 0.2) is 0 Å². The van der Waals surface area contributed by atoms with E-state index in [9.17, 15) is 9.59 Å². The lowest BCUT2D eigenvalue weighted by atomic mass is 10.2. The molecule has 1 amide bonds. The molecule has 0 unspecified atom stereocenters. The second kappa shape index (κ2) is 5.49. The summed E-state index contributed by atoms with van der Waals surface area (Å²) in [5.41, 5.74) is 1.44. The number of rotatable bonds is 4. The lowest BCUT2D eigenvalue weighted by molar-refractivity contribution is -0.131. The number of H-pyrrole nitrogens is 1. The fourth-order valence-corrected chi connectivity index (χ4v) is 2.40. The summed E-state index contributed by atoms with van der Waals surface area (Å²) >= 11 is 1.24. The third kappa shape index (κ3) is 3.29. The van der Waals surface area contributed by atoms with Gasteiger partial charge in [-0.05, 0) is 24.6 Å². The average Bonchev–Trinajstić information content (AvgIpc) is 2.96. The number of carbonyl (C=O) groups is 2. The summed E-state index contributed by atoms with van der Waals surface area (Å²) < 4.78 is 0. The number of hydrogen-bond acceptors (Lipinski definition) is 4. The van der Waals surface area contributed by atoms with Crippen molar-refractivity contribution >= 4 is 35.0 Å². The van der Waals surface area contributed by atoms with Gasteiger partial charge in [0.1, 0.15) is 0 Å². The molecule has 2 aromatic heterocycles. The van der Waals surface area contributed by atoms with Crippen LogP contribution >= 0.6 is 11.3 Å². The summed E-state index contributed by atoms with van der Waals surface area (Å²) in [4.78, 5) is 23.7. The largest absolute Gasteiger partial charge is 0.478 e. The van der Waals surface area contributed by atoms with Crippen LogP contribution in [-0.2, 0) is 4.79 Å². The van der Waals surface area contributed by atoms with Gasteiger partial charge in [0.2, 0.25) is 0 Å². The fourth-order valence-electron chi connectivity index (χ4n) is 1.43. The van der Waals surface area contributed by atoms with Crippen molar-refractivity contribution < 1.29 is 14.7 Å². The van der Waals surface area contributed by atoms with E-state index in [1.165, 1.54) is 23.6 Å². The molecule has 0 aromatic carbocycles. The molecule has 2 aromatic rings. The first-order chi connectivity index (χ1) is 9.06. The van der Waals surface area contributed by atoms with Crippen molar-refractivity contribution in [2.75, 3.05) is 5.32 Å². The van der Waals surface area contributed by atoms with Crippen LogP contribution in [0.5, 0.6) is 0 Å². The number of anilines is 1. The molecule has 0 atom stereocenters. The molecule has 0 radical (unpaired) electrons. The second-order valence-corrected chi connectivity index (χ2v) is 4.85. The highest BCUT2D eigenvalue weighted by atomic mass is 32.1. The first kappa shape index (κ1) is 13.0. The van der Waals surface area contributed by atoms with Gasteiger partial charge in [-0.25, -0.2) is 4.79 Å². The van der Waals surface area contributed by atoms with E-state index in [-0.39, 0.29) is 5.91 Å². The Labute approximate surface area is 112 Å². The number of carboxylic acids is 1. The molecular formula is C12H11N3O3S. The number of nitrogens with zero attached hydrogens (tertiary/aromatic N) is 1. The first-order valence-corrected chi connectivity index (χ1v) is 6.19. The maximum Gasteiger partial charge on any atom is 0.328 e. The minimum absolute atomic E-state index is 0.246. The Bertz CT molecular complexity index is 629. The van der Waals surface area contributed by atoms with Gasteiger partial charge in [0.05, 0.1) is 16.8 Å². The molecule has 0 bridgehead atoms. The molecule has 6 nitrogen and oxygen atoms in total. The Kier molecular flexibility index (Phi) is 3.76. The lowest BCUT2D eigenvalue weighted by Crippen LogP contribution is -2.09. The van der Waals surface area contributed by atoms with E-state index < -0.39 is 5.97 Å². The van der Waals surface area contributed by atoms with Crippen LogP contribution in [0, 0.1) is 6.92 Å². The SMILES string of the molecule is Cc1cc(C(=O)Nc2cn[nH]c2)sc1C=CC(=O)O. The van der Waals surface area contributed by atoms with Crippen molar-refractivity contribution in [3.05, 3.63) is 39.9 Å². The second-order valence-electron chi connectivity index (χ2n) is 3.77. The van der Waals surface area contributed by atoms with Crippen LogP contribution in [0.3, 0.4) is 0 Å². The quantitative estimate of drug-likeness (QED) is 0.746. The lowest BCUT2D eigenvalue weighted by Gasteiger charge is -1.97. The number of aliphatic carboxylic acids is 1. The maximum atomic E-state index is 11.9. The van der Waals surface area contributed by atoms with Crippen LogP contribution in [0.25, 0.3) is 6.08 Å². The van der Waals surface area contributed by atoms with E-state index in [2.05, 4.69) is 15.5 Å². The highest BCUT2D eigenvalue weighted by molar-refractivity contribution is 7.15. The number of amides is 1. The van der Waals surface area contributed by atoms with E-state index in [1.807, 2.05) is 6.92 Å². The number of carbonyl (C=O) groups excluding carboxylic acids is 1. The van der Waals surface area contributed by atoms with Gasteiger partial charge >= 0.3 is 5.97 Å². The fraction of sp³-hybridized carbons (Fsp3) is 0.0833. The monoisotopic (exact) mass is 277 g/mol. The van der Waals surface area contributed by atoms with E-state index in [4.69, 9.17) is 5.11 Å². The highest BCUT2D eigenvalue weighted by Gasteiger charge is 2.12. The summed E-state index contributed by atoms with van der Waals surface area (Å²) in [6.45, 7) is 1.83. The molecule has 7 heteroatoms. The van der Waals surface area contributed by atoms with Gasteiger partial charge < -0.3 is 10.4 Å². The molecule has 2 heterocycles. The Hall–Kier alpha value is -2.41. The molecular weight excluding hydrogens is 266 g/mol. The van der Waals surface area contributed by atoms with Crippen LogP contribution in [0.2, 0.25) is 0 Å². The van der Waals surface area contributed by atoms with E-state index in [0.717, 1.165) is 16.5 Å². The van der Waals surface area contributed by atoms with Crippen LogP contribution in [0.4, 0.5) is 5.69 Å². The molecule has 98 valence electrons. The van der Waals surface area contributed by atoms with Gasteiger partial charge in [-0.1, -0.05) is 0 Å². The molecule has 0 spiro atoms. The number of nitrogens with one attached hydrogen (secondary N) is 2. The van der Waals surface area contributed by atoms with Crippen LogP contribution in [0.15, 0.2) is 24.5 Å². The Morgan fingerprint density at radius 2 is 2.32 bits per heavy atom. The molecule has 3 N–H and O–H groups in total. The zero-order chi connectivity index (χ0) is 13.8. The zero-order valence-corrected chi connectivity index (χ0v) is 10.8. The summed E-state index contributed by atoms with van der Waals surface area (Å²) in [6, 6.07) is 1.72. The van der Waals surface area contributed by atoms with Crippen LogP contribution < -0.4 is 5.32 Å². The van der Waals surface area contributed by atoms with Crippen molar-refractivity contribution in [1.29, 1.82) is 0 Å². The Morgan fingerprint density at radius 1 is 1.53 bits per heavy atom. The van der Waals surface area contributed by atoms with Crippen molar-refractivity contribution in [1.82, 2.24) is 10.2 Å². The smallest absolute Gasteiger partial charge is 0.328 e. The highest BCUT2D eigenvalue weighted by Crippen LogP contribution is 2.24. The predicted octanol–water partition coefficient (Wildman–Crippen LogP) is 2.13. The van der Waals surface area contributed by atoms with E-state index in [0.29, 0.717) is 10.6 Å². The molecule has 0 aliphatic heterocycles.